The second kappa shape index (κ2) is 7.77. The van der Waals surface area contributed by atoms with Crippen molar-refractivity contribution in [1.29, 1.82) is 0 Å². The van der Waals surface area contributed by atoms with Crippen LogP contribution in [0.3, 0.4) is 0 Å². The monoisotopic (exact) mass is 207 g/mol. The summed E-state index contributed by atoms with van der Waals surface area (Å²) in [6, 6.07) is 0.652. The van der Waals surface area contributed by atoms with Crippen LogP contribution in [-0.4, -0.2) is 13.1 Å². The van der Waals surface area contributed by atoms with E-state index in [0.717, 1.165) is 18.8 Å². The lowest BCUT2D eigenvalue weighted by Crippen LogP contribution is -2.33. The zero-order chi connectivity index (χ0) is 10.9. The quantitative estimate of drug-likeness (QED) is 0.697. The topological polar surface area (TPSA) is 12.0 Å². The first kappa shape index (κ1) is 12.6. The Hall–Kier alpha value is -0.480. The molecule has 0 saturated heterocycles. The third-order valence-corrected chi connectivity index (χ3v) is 3.69. The fraction of sp³-hybridized carbons (Fsp3) is 0.857. The number of nitrogens with one attached hydrogen (secondary N) is 1. The lowest BCUT2D eigenvalue weighted by molar-refractivity contribution is 0.286. The van der Waals surface area contributed by atoms with Crippen molar-refractivity contribution in [2.75, 3.05) is 7.05 Å². The fourth-order valence-electron chi connectivity index (χ4n) is 2.74. The van der Waals surface area contributed by atoms with Crippen LogP contribution in [0.5, 0.6) is 0 Å². The van der Waals surface area contributed by atoms with Crippen LogP contribution >= 0.6 is 0 Å². The van der Waals surface area contributed by atoms with E-state index in [1.165, 1.54) is 44.9 Å². The van der Waals surface area contributed by atoms with Crippen molar-refractivity contribution in [3.05, 3.63) is 0 Å². The minimum atomic E-state index is 0.652. The van der Waals surface area contributed by atoms with Crippen molar-refractivity contribution in [2.45, 2.75) is 63.8 Å². The van der Waals surface area contributed by atoms with Crippen molar-refractivity contribution < 1.29 is 0 Å². The molecule has 0 aromatic carbocycles. The molecule has 0 spiro atoms. The van der Waals surface area contributed by atoms with Gasteiger partial charge in [0.1, 0.15) is 0 Å². The van der Waals surface area contributed by atoms with E-state index in [4.69, 9.17) is 6.42 Å². The molecule has 1 N–H and O–H groups in total. The molecule has 0 heterocycles. The molecule has 0 aromatic heterocycles. The van der Waals surface area contributed by atoms with Crippen molar-refractivity contribution >= 4 is 0 Å². The summed E-state index contributed by atoms with van der Waals surface area (Å²) in [4.78, 5) is 0. The van der Waals surface area contributed by atoms with E-state index < -0.39 is 0 Å². The van der Waals surface area contributed by atoms with E-state index in [1.54, 1.807) is 0 Å². The van der Waals surface area contributed by atoms with E-state index >= 15 is 0 Å². The molecule has 86 valence electrons. The average molecular weight is 207 g/mol. The van der Waals surface area contributed by atoms with Gasteiger partial charge < -0.3 is 5.32 Å². The molecule has 1 atom stereocenters. The number of hydrogen-bond acceptors (Lipinski definition) is 1. The Bertz CT molecular complexity index is 184. The van der Waals surface area contributed by atoms with Gasteiger partial charge in [0, 0.05) is 12.5 Å². The highest BCUT2D eigenvalue weighted by molar-refractivity contribution is 4.87. The molecular weight excluding hydrogens is 182 g/mol. The van der Waals surface area contributed by atoms with Crippen molar-refractivity contribution in [1.82, 2.24) is 5.32 Å². The molecule has 1 rings (SSSR count). The van der Waals surface area contributed by atoms with Crippen LogP contribution in [0.4, 0.5) is 0 Å². The van der Waals surface area contributed by atoms with Crippen LogP contribution < -0.4 is 5.32 Å². The third-order valence-electron chi connectivity index (χ3n) is 3.69. The fourth-order valence-corrected chi connectivity index (χ4v) is 2.74. The molecule has 1 heteroatoms. The SMILES string of the molecule is C#CCCC(NC)C1CCCCCCC1. The number of hydrogen-bond donors (Lipinski definition) is 1. The summed E-state index contributed by atoms with van der Waals surface area (Å²) < 4.78 is 0. The minimum absolute atomic E-state index is 0.652. The highest BCUT2D eigenvalue weighted by atomic mass is 14.9. The summed E-state index contributed by atoms with van der Waals surface area (Å²) in [6.45, 7) is 0. The number of rotatable bonds is 4. The summed E-state index contributed by atoms with van der Waals surface area (Å²) in [5.74, 6) is 3.62. The summed E-state index contributed by atoms with van der Waals surface area (Å²) in [5, 5.41) is 3.46. The molecule has 0 aliphatic heterocycles. The van der Waals surface area contributed by atoms with Crippen LogP contribution in [0.15, 0.2) is 0 Å². The maximum absolute atomic E-state index is 5.34. The highest BCUT2D eigenvalue weighted by Gasteiger charge is 2.19. The van der Waals surface area contributed by atoms with Gasteiger partial charge in [-0.15, -0.1) is 12.3 Å². The van der Waals surface area contributed by atoms with Crippen molar-refractivity contribution in [3.8, 4) is 12.3 Å². The molecule has 0 amide bonds. The first-order valence-corrected chi connectivity index (χ1v) is 6.49. The summed E-state index contributed by atoms with van der Waals surface area (Å²) in [7, 11) is 2.08. The van der Waals surface area contributed by atoms with E-state index in [2.05, 4.69) is 18.3 Å². The summed E-state index contributed by atoms with van der Waals surface area (Å²) in [6.07, 6.45) is 17.3. The zero-order valence-electron chi connectivity index (χ0n) is 10.1. The van der Waals surface area contributed by atoms with Crippen molar-refractivity contribution in [2.24, 2.45) is 5.92 Å². The summed E-state index contributed by atoms with van der Waals surface area (Å²) in [5.41, 5.74) is 0. The standard InChI is InChI=1S/C14H25N/c1-3-4-12-14(15-2)13-10-8-6-5-7-9-11-13/h1,13-15H,4-12H2,2H3. The Balaban J connectivity index is 2.37. The average Bonchev–Trinajstić information content (AvgIpc) is 2.21. The molecule has 0 radical (unpaired) electrons. The Labute approximate surface area is 95.0 Å². The molecule has 1 aliphatic rings. The maximum Gasteiger partial charge on any atom is 0.0101 e. The lowest BCUT2D eigenvalue weighted by atomic mass is 9.84. The van der Waals surface area contributed by atoms with Crippen molar-refractivity contribution in [3.63, 3.8) is 0 Å². The molecule has 1 nitrogen and oxygen atoms in total. The van der Waals surface area contributed by atoms with Gasteiger partial charge in [-0.05, 0) is 32.2 Å². The second-order valence-corrected chi connectivity index (χ2v) is 4.74. The van der Waals surface area contributed by atoms with Gasteiger partial charge in [0.25, 0.3) is 0 Å². The lowest BCUT2D eigenvalue weighted by Gasteiger charge is -2.28. The van der Waals surface area contributed by atoms with Gasteiger partial charge in [-0.1, -0.05) is 32.1 Å². The Morgan fingerprint density at radius 2 is 1.80 bits per heavy atom. The summed E-state index contributed by atoms with van der Waals surface area (Å²) >= 11 is 0. The molecule has 15 heavy (non-hydrogen) atoms. The smallest absolute Gasteiger partial charge is 0.0101 e. The third kappa shape index (κ3) is 4.71. The van der Waals surface area contributed by atoms with Gasteiger partial charge in [0.05, 0.1) is 0 Å². The van der Waals surface area contributed by atoms with E-state index in [1.807, 2.05) is 0 Å². The van der Waals surface area contributed by atoms with Crippen LogP contribution in [0, 0.1) is 18.3 Å². The van der Waals surface area contributed by atoms with E-state index in [-0.39, 0.29) is 0 Å². The van der Waals surface area contributed by atoms with Gasteiger partial charge in [0.15, 0.2) is 0 Å². The molecule has 0 aromatic rings. The molecule has 1 fully saturated rings. The van der Waals surface area contributed by atoms with Gasteiger partial charge in [-0.3, -0.25) is 0 Å². The largest absolute Gasteiger partial charge is 0.317 e. The van der Waals surface area contributed by atoms with Crippen LogP contribution in [0.25, 0.3) is 0 Å². The highest BCUT2D eigenvalue weighted by Crippen LogP contribution is 2.26. The van der Waals surface area contributed by atoms with Crippen LogP contribution in [0.2, 0.25) is 0 Å². The van der Waals surface area contributed by atoms with Gasteiger partial charge in [-0.2, -0.15) is 0 Å². The Morgan fingerprint density at radius 3 is 2.33 bits per heavy atom. The molecule has 1 saturated carbocycles. The van der Waals surface area contributed by atoms with Crippen LogP contribution in [-0.2, 0) is 0 Å². The van der Waals surface area contributed by atoms with Gasteiger partial charge in [-0.25, -0.2) is 0 Å². The minimum Gasteiger partial charge on any atom is -0.317 e. The molecular formula is C14H25N. The molecule has 0 bridgehead atoms. The zero-order valence-corrected chi connectivity index (χ0v) is 10.1. The first-order chi connectivity index (χ1) is 7.38. The Kier molecular flexibility index (Phi) is 6.52. The normalized spacial score (nSPS) is 21.3. The predicted octanol–water partition coefficient (Wildman–Crippen LogP) is 3.35. The number of terminal acetylenes is 1. The maximum atomic E-state index is 5.34. The van der Waals surface area contributed by atoms with E-state index in [9.17, 15) is 0 Å². The first-order valence-electron chi connectivity index (χ1n) is 6.49. The Morgan fingerprint density at radius 1 is 1.20 bits per heavy atom. The predicted molar refractivity (Wildman–Crippen MR) is 66.7 cm³/mol. The van der Waals surface area contributed by atoms with Gasteiger partial charge >= 0.3 is 0 Å². The van der Waals surface area contributed by atoms with Crippen LogP contribution in [0.1, 0.15) is 57.8 Å². The molecule has 1 aliphatic carbocycles. The van der Waals surface area contributed by atoms with Gasteiger partial charge in [0.2, 0.25) is 0 Å². The second-order valence-electron chi connectivity index (χ2n) is 4.74. The van der Waals surface area contributed by atoms with E-state index in [0.29, 0.717) is 6.04 Å². The molecule has 1 unspecified atom stereocenters.